The van der Waals surface area contributed by atoms with Crippen molar-refractivity contribution >= 4 is 11.8 Å². The number of hydrogen-bond donors (Lipinski definition) is 1. The molecule has 3 heterocycles. The Kier molecular flexibility index (Phi) is 5.99. The maximum atomic E-state index is 13.1. The Hall–Kier alpha value is -2.67. The highest BCUT2D eigenvalue weighted by Crippen LogP contribution is 2.32. The number of rotatable bonds is 4. The number of aryl methyl sites for hydroxylation is 1. The third-order valence-electron chi connectivity index (χ3n) is 7.88. The lowest BCUT2D eigenvalue weighted by molar-refractivity contribution is -0.133. The zero-order valence-electron chi connectivity index (χ0n) is 19.7. The van der Waals surface area contributed by atoms with Crippen molar-refractivity contribution in [1.29, 1.82) is 0 Å². The van der Waals surface area contributed by atoms with E-state index < -0.39 is 6.10 Å². The first-order chi connectivity index (χ1) is 15.9. The smallest absolute Gasteiger partial charge is 0.274 e. The average Bonchev–Trinajstić information content (AvgIpc) is 3.53. The van der Waals surface area contributed by atoms with Gasteiger partial charge in [0, 0.05) is 37.4 Å². The molecule has 2 saturated heterocycles. The SMILES string of the molecule is Cc1cccc(C2CCN(C(=O)Cn3nc(C(=O)N4CC[C@H](O)C4)c4c3CCC4)CC2)c1C. The highest BCUT2D eigenvalue weighted by Gasteiger charge is 2.33. The highest BCUT2D eigenvalue weighted by atomic mass is 16.3. The molecule has 0 spiro atoms. The average molecular weight is 451 g/mol. The number of aromatic nitrogens is 2. The molecule has 0 saturated carbocycles. The third-order valence-corrected chi connectivity index (χ3v) is 7.88. The number of fused-ring (bicyclic) bond motifs is 1. The Labute approximate surface area is 195 Å². The van der Waals surface area contributed by atoms with Gasteiger partial charge in [-0.1, -0.05) is 18.2 Å². The second-order valence-electron chi connectivity index (χ2n) is 9.92. The molecule has 33 heavy (non-hydrogen) atoms. The van der Waals surface area contributed by atoms with Gasteiger partial charge in [-0.25, -0.2) is 0 Å². The fourth-order valence-corrected chi connectivity index (χ4v) is 5.77. The Balaban J connectivity index is 1.25. The van der Waals surface area contributed by atoms with Crippen molar-refractivity contribution in [3.8, 4) is 0 Å². The molecular formula is C26H34N4O3. The van der Waals surface area contributed by atoms with Crippen LogP contribution in [0.4, 0.5) is 0 Å². The number of carbonyl (C=O) groups is 2. The summed E-state index contributed by atoms with van der Waals surface area (Å²) in [6.07, 6.45) is 4.82. The topological polar surface area (TPSA) is 78.7 Å². The van der Waals surface area contributed by atoms with Gasteiger partial charge in [0.15, 0.2) is 5.69 Å². The molecule has 2 aromatic rings. The summed E-state index contributed by atoms with van der Waals surface area (Å²) < 4.78 is 1.78. The molecule has 7 nitrogen and oxygen atoms in total. The van der Waals surface area contributed by atoms with Gasteiger partial charge in [-0.2, -0.15) is 5.10 Å². The van der Waals surface area contributed by atoms with E-state index in [9.17, 15) is 14.7 Å². The van der Waals surface area contributed by atoms with E-state index in [0.717, 1.165) is 56.5 Å². The summed E-state index contributed by atoms with van der Waals surface area (Å²) in [7, 11) is 0. The van der Waals surface area contributed by atoms with Crippen LogP contribution in [0.1, 0.15) is 70.0 Å². The molecule has 176 valence electrons. The predicted octanol–water partition coefficient (Wildman–Crippen LogP) is 2.60. The van der Waals surface area contributed by atoms with Gasteiger partial charge in [0.1, 0.15) is 6.54 Å². The van der Waals surface area contributed by atoms with Crippen molar-refractivity contribution in [2.45, 2.75) is 70.9 Å². The number of nitrogens with zero attached hydrogens (tertiary/aromatic N) is 4. The van der Waals surface area contributed by atoms with Gasteiger partial charge >= 0.3 is 0 Å². The summed E-state index contributed by atoms with van der Waals surface area (Å²) in [5.41, 5.74) is 6.64. The van der Waals surface area contributed by atoms with Crippen LogP contribution < -0.4 is 0 Å². The summed E-state index contributed by atoms with van der Waals surface area (Å²) in [4.78, 5) is 29.8. The van der Waals surface area contributed by atoms with E-state index in [0.29, 0.717) is 31.1 Å². The Morgan fingerprint density at radius 2 is 1.82 bits per heavy atom. The largest absolute Gasteiger partial charge is 0.391 e. The van der Waals surface area contributed by atoms with E-state index in [-0.39, 0.29) is 18.4 Å². The van der Waals surface area contributed by atoms with Crippen LogP contribution in [0.15, 0.2) is 18.2 Å². The van der Waals surface area contributed by atoms with Crippen molar-refractivity contribution < 1.29 is 14.7 Å². The maximum absolute atomic E-state index is 13.1. The molecule has 5 rings (SSSR count). The number of benzene rings is 1. The number of β-amino-alcohol motifs (C(OH)–C–C–N with tert-alkyl or cyclic N) is 1. The minimum atomic E-state index is -0.447. The predicted molar refractivity (Wildman–Crippen MR) is 125 cm³/mol. The molecule has 3 aliphatic rings. The zero-order chi connectivity index (χ0) is 23.1. The highest BCUT2D eigenvalue weighted by molar-refractivity contribution is 5.94. The van der Waals surface area contributed by atoms with E-state index >= 15 is 0 Å². The van der Waals surface area contributed by atoms with E-state index in [1.165, 1.54) is 16.7 Å². The van der Waals surface area contributed by atoms with Crippen LogP contribution in [0.25, 0.3) is 0 Å². The number of likely N-dealkylation sites (tertiary alicyclic amines) is 2. The molecule has 1 aromatic heterocycles. The van der Waals surface area contributed by atoms with Crippen molar-refractivity contribution in [1.82, 2.24) is 19.6 Å². The van der Waals surface area contributed by atoms with Crippen LogP contribution in [-0.4, -0.2) is 68.8 Å². The molecule has 1 aliphatic carbocycles. The van der Waals surface area contributed by atoms with Crippen molar-refractivity contribution in [3.05, 3.63) is 51.8 Å². The normalized spacial score (nSPS) is 21.0. The molecule has 2 fully saturated rings. The first-order valence-corrected chi connectivity index (χ1v) is 12.3. The van der Waals surface area contributed by atoms with Crippen LogP contribution >= 0.6 is 0 Å². The Bertz CT molecular complexity index is 1070. The Morgan fingerprint density at radius 1 is 1.06 bits per heavy atom. The van der Waals surface area contributed by atoms with Crippen LogP contribution in [0.5, 0.6) is 0 Å². The van der Waals surface area contributed by atoms with Gasteiger partial charge in [0.2, 0.25) is 5.91 Å². The summed E-state index contributed by atoms with van der Waals surface area (Å²) in [5, 5.41) is 14.4. The summed E-state index contributed by atoms with van der Waals surface area (Å²) in [6, 6.07) is 6.52. The number of piperidine rings is 1. The third kappa shape index (κ3) is 4.19. The molecular weight excluding hydrogens is 416 g/mol. The zero-order valence-corrected chi connectivity index (χ0v) is 19.7. The molecule has 2 aliphatic heterocycles. The lowest BCUT2D eigenvalue weighted by Crippen LogP contribution is -2.40. The standard InChI is InChI=1S/C26H34N4O3/c1-17-5-3-6-21(18(17)2)19-9-12-28(13-10-19)24(32)16-30-23-8-4-7-22(23)25(27-30)26(33)29-14-11-20(31)15-29/h3,5-6,19-20,31H,4,7-16H2,1-2H3/t20-/m0/s1. The summed E-state index contributed by atoms with van der Waals surface area (Å²) >= 11 is 0. The molecule has 1 atom stereocenters. The molecule has 2 amide bonds. The van der Waals surface area contributed by atoms with E-state index in [4.69, 9.17) is 0 Å². The first-order valence-electron chi connectivity index (χ1n) is 12.3. The minimum Gasteiger partial charge on any atom is -0.391 e. The van der Waals surface area contributed by atoms with Gasteiger partial charge in [-0.05, 0) is 75.0 Å². The summed E-state index contributed by atoms with van der Waals surface area (Å²) in [6.45, 7) is 7.01. The Morgan fingerprint density at radius 3 is 2.55 bits per heavy atom. The van der Waals surface area contributed by atoms with Crippen molar-refractivity contribution in [2.24, 2.45) is 0 Å². The molecule has 0 radical (unpaired) electrons. The minimum absolute atomic E-state index is 0.0854. The van der Waals surface area contributed by atoms with Gasteiger partial charge in [-0.3, -0.25) is 14.3 Å². The summed E-state index contributed by atoms with van der Waals surface area (Å²) in [5.74, 6) is 0.482. The second-order valence-corrected chi connectivity index (χ2v) is 9.92. The van der Waals surface area contributed by atoms with Crippen LogP contribution in [-0.2, 0) is 24.2 Å². The van der Waals surface area contributed by atoms with Crippen molar-refractivity contribution in [3.63, 3.8) is 0 Å². The fraction of sp³-hybridized carbons (Fsp3) is 0.577. The van der Waals surface area contributed by atoms with E-state index in [2.05, 4.69) is 37.1 Å². The quantitative estimate of drug-likeness (QED) is 0.777. The van der Waals surface area contributed by atoms with Gasteiger partial charge in [-0.15, -0.1) is 0 Å². The van der Waals surface area contributed by atoms with Crippen LogP contribution in [0, 0.1) is 13.8 Å². The molecule has 1 aromatic carbocycles. The molecule has 7 heteroatoms. The van der Waals surface area contributed by atoms with E-state index in [1.54, 1.807) is 9.58 Å². The van der Waals surface area contributed by atoms with Gasteiger partial charge in [0.05, 0.1) is 6.10 Å². The first kappa shape index (κ1) is 22.1. The number of aliphatic hydroxyl groups is 1. The molecule has 1 N–H and O–H groups in total. The number of carbonyl (C=O) groups excluding carboxylic acids is 2. The van der Waals surface area contributed by atoms with Gasteiger partial charge < -0.3 is 14.9 Å². The molecule has 0 bridgehead atoms. The lowest BCUT2D eigenvalue weighted by atomic mass is 9.85. The van der Waals surface area contributed by atoms with Gasteiger partial charge in [0.25, 0.3) is 5.91 Å². The number of amides is 2. The number of hydrogen-bond acceptors (Lipinski definition) is 4. The number of aliphatic hydroxyl groups excluding tert-OH is 1. The monoisotopic (exact) mass is 450 g/mol. The molecule has 0 unspecified atom stereocenters. The lowest BCUT2D eigenvalue weighted by Gasteiger charge is -2.33. The van der Waals surface area contributed by atoms with E-state index in [1.807, 2.05) is 4.90 Å². The second kappa shape index (κ2) is 8.93. The van der Waals surface area contributed by atoms with Crippen LogP contribution in [0.3, 0.4) is 0 Å². The van der Waals surface area contributed by atoms with Crippen LogP contribution in [0.2, 0.25) is 0 Å². The fourth-order valence-electron chi connectivity index (χ4n) is 5.77. The maximum Gasteiger partial charge on any atom is 0.274 e. The van der Waals surface area contributed by atoms with Crippen molar-refractivity contribution in [2.75, 3.05) is 26.2 Å².